The lowest BCUT2D eigenvalue weighted by molar-refractivity contribution is 0.0131. The van der Waals surface area contributed by atoms with Crippen molar-refractivity contribution in [3.8, 4) is 11.6 Å². The molecule has 3 aromatic rings. The first-order chi connectivity index (χ1) is 25.0. The number of nitrogens with one attached hydrogen (secondary N) is 1. The number of hydrogen-bond acceptors (Lipinski definition) is 8. The van der Waals surface area contributed by atoms with Gasteiger partial charge >= 0.3 is 0 Å². The minimum absolute atomic E-state index is 0.0235. The minimum atomic E-state index is -3.59. The molecule has 52 heavy (non-hydrogen) atoms. The highest BCUT2D eigenvalue weighted by Gasteiger charge is 2.44. The first kappa shape index (κ1) is 36.2. The molecule has 1 aromatic heterocycles. The Morgan fingerprint density at radius 3 is 2.81 bits per heavy atom. The Balaban J connectivity index is 1.30. The highest BCUT2D eigenvalue weighted by Crippen LogP contribution is 2.47. The predicted octanol–water partition coefficient (Wildman–Crippen LogP) is 6.19. The Hall–Kier alpha value is -4.16. The number of aryl methyl sites for hydroxylation is 3. The van der Waals surface area contributed by atoms with Crippen LogP contribution in [0.4, 0.5) is 5.69 Å². The summed E-state index contributed by atoms with van der Waals surface area (Å²) in [7, 11) is -0.146. The molecular weight excluding hydrogens is 679 g/mol. The summed E-state index contributed by atoms with van der Waals surface area (Å²) in [6, 6.07) is 12.2. The third-order valence-electron chi connectivity index (χ3n) is 11.3. The summed E-state index contributed by atoms with van der Waals surface area (Å²) in [5.41, 5.74) is 5.04. The lowest BCUT2D eigenvalue weighted by Crippen LogP contribution is -2.49. The maximum absolute atomic E-state index is 14.6. The number of benzene rings is 2. The molecule has 2 aliphatic heterocycles. The normalized spacial score (nSPS) is 29.4. The Bertz CT molecular complexity index is 2000. The highest BCUT2D eigenvalue weighted by molar-refractivity contribution is 7.92. The van der Waals surface area contributed by atoms with Crippen molar-refractivity contribution in [2.45, 2.75) is 70.8 Å². The van der Waals surface area contributed by atoms with Gasteiger partial charge in [0.2, 0.25) is 5.88 Å². The van der Waals surface area contributed by atoms with Crippen LogP contribution in [0.3, 0.4) is 0 Å². The van der Waals surface area contributed by atoms with Crippen LogP contribution in [0.2, 0.25) is 0 Å². The zero-order valence-electron chi connectivity index (χ0n) is 30.9. The smallest absolute Gasteiger partial charge is 0.286 e. The fourth-order valence-corrected chi connectivity index (χ4v) is 10.5. The van der Waals surface area contributed by atoms with Gasteiger partial charge in [-0.1, -0.05) is 42.8 Å². The number of carbonyl (C=O) groups is 2. The van der Waals surface area contributed by atoms with Crippen LogP contribution < -0.4 is 19.1 Å². The zero-order valence-corrected chi connectivity index (χ0v) is 31.7. The summed E-state index contributed by atoms with van der Waals surface area (Å²) in [6.07, 6.45) is 11.6. The number of nitrogens with zero attached hydrogens (tertiary/aromatic N) is 4. The molecule has 0 radical (unpaired) electrons. The standard InChI is InChI=1S/C40H51N5O6S/c1-6-50-39-32(22-44(4)41-39)38(47)43-52(48)23-27(3)9-7-11-35(49-5)31-15-13-30(31)21-45-24-40(18-8-10-28-19-26(2)12-16-33(28)40)25-51-36-17-14-29(20-34(36)45)37(46)42-52/h7,11-12,14,16-17,19-20,22,27,30-31,35H,6,8-10,13,15,18,21,23-25H2,1-5H3,(H,42,43,46,47,48)/b11-7+/t27-,30-,31+,35-,40-,52?/m0/s1. The van der Waals surface area contributed by atoms with E-state index in [1.165, 1.54) is 27.6 Å². The number of anilines is 1. The number of carbonyl (C=O) groups excluding carboxylic acids is 2. The summed E-state index contributed by atoms with van der Waals surface area (Å²) in [5, 5.41) is 4.22. The number of amides is 2. The highest BCUT2D eigenvalue weighted by atomic mass is 32.2. The Morgan fingerprint density at radius 1 is 1.19 bits per heavy atom. The van der Waals surface area contributed by atoms with E-state index in [4.69, 9.17) is 14.2 Å². The van der Waals surface area contributed by atoms with Crippen molar-refractivity contribution in [2.75, 3.05) is 44.1 Å². The lowest BCUT2D eigenvalue weighted by atomic mass is 9.68. The van der Waals surface area contributed by atoms with Crippen molar-refractivity contribution >= 4 is 27.4 Å². The fraction of sp³-hybridized carbons (Fsp3) is 0.525. The van der Waals surface area contributed by atoms with E-state index >= 15 is 0 Å². The number of aromatic nitrogens is 2. The van der Waals surface area contributed by atoms with E-state index in [-0.39, 0.29) is 34.6 Å². The van der Waals surface area contributed by atoms with Crippen LogP contribution in [0.1, 0.15) is 83.4 Å². The van der Waals surface area contributed by atoms with Crippen LogP contribution >= 0.6 is 0 Å². The second-order valence-corrected chi connectivity index (χ2v) is 17.2. The van der Waals surface area contributed by atoms with Crippen molar-refractivity contribution in [3.63, 3.8) is 0 Å². The number of hydrogen-bond donors (Lipinski definition) is 1. The summed E-state index contributed by atoms with van der Waals surface area (Å²) in [6.45, 7) is 8.27. The number of ether oxygens (including phenoxy) is 3. The van der Waals surface area contributed by atoms with Gasteiger partial charge < -0.3 is 19.1 Å². The maximum Gasteiger partial charge on any atom is 0.286 e. The Labute approximate surface area is 307 Å². The van der Waals surface area contributed by atoms with E-state index in [1.54, 1.807) is 27.1 Å². The summed E-state index contributed by atoms with van der Waals surface area (Å²) < 4.78 is 41.4. The van der Waals surface area contributed by atoms with Gasteiger partial charge in [0.1, 0.15) is 21.2 Å². The molecule has 2 aliphatic carbocycles. The van der Waals surface area contributed by atoms with Crippen LogP contribution in [0, 0.1) is 24.7 Å². The largest absolute Gasteiger partial charge is 0.490 e. The van der Waals surface area contributed by atoms with E-state index in [0.717, 1.165) is 56.6 Å². The first-order valence-corrected chi connectivity index (χ1v) is 20.3. The lowest BCUT2D eigenvalue weighted by Gasteiger charge is -2.46. The predicted molar refractivity (Wildman–Crippen MR) is 201 cm³/mol. The second kappa shape index (κ2) is 14.7. The summed E-state index contributed by atoms with van der Waals surface area (Å²) in [4.78, 5) is 30.1. The molecule has 1 fully saturated rings. The SMILES string of the molecule is CCOc1nn(C)cc1C(=O)NS1(=O)=NC(=O)c2ccc3c(c2)N(C[C@@H]2CC[C@H]2[C@@H](OC)/C=C/C[C@H](C)C1)C[C@@]1(CCCc2cc(C)ccc21)CO3. The van der Waals surface area contributed by atoms with Gasteiger partial charge in [0.25, 0.3) is 11.8 Å². The van der Waals surface area contributed by atoms with Gasteiger partial charge in [0, 0.05) is 44.4 Å². The van der Waals surface area contributed by atoms with E-state index < -0.39 is 21.7 Å². The molecular formula is C40H51N5O6S. The first-order valence-electron chi connectivity index (χ1n) is 18.6. The average Bonchev–Trinajstić information content (AvgIpc) is 3.39. The van der Waals surface area contributed by atoms with Crippen LogP contribution in [-0.4, -0.2) is 71.1 Å². The van der Waals surface area contributed by atoms with Crippen molar-refractivity contribution in [1.82, 2.24) is 14.5 Å². The van der Waals surface area contributed by atoms with Crippen LogP contribution in [0.15, 0.2) is 59.1 Å². The van der Waals surface area contributed by atoms with Gasteiger partial charge in [0.05, 0.1) is 30.8 Å². The van der Waals surface area contributed by atoms with Gasteiger partial charge in [-0.05, 0) is 99.5 Å². The number of fused-ring (bicyclic) bond motifs is 4. The van der Waals surface area contributed by atoms with Crippen molar-refractivity contribution < 1.29 is 28.0 Å². The molecule has 278 valence electrons. The molecule has 1 unspecified atom stereocenters. The van der Waals surface area contributed by atoms with E-state index in [2.05, 4.69) is 56.4 Å². The van der Waals surface area contributed by atoms with Gasteiger partial charge in [0.15, 0.2) is 0 Å². The minimum Gasteiger partial charge on any atom is -0.490 e. The van der Waals surface area contributed by atoms with Gasteiger partial charge in [-0.2, -0.15) is 0 Å². The van der Waals surface area contributed by atoms with Gasteiger partial charge in [-0.3, -0.25) is 19.0 Å². The van der Waals surface area contributed by atoms with Crippen molar-refractivity contribution in [1.29, 1.82) is 0 Å². The number of allylic oxidation sites excluding steroid dienone is 1. The summed E-state index contributed by atoms with van der Waals surface area (Å²) in [5.74, 6) is 0.0731. The third-order valence-corrected chi connectivity index (χ3v) is 13.3. The fourth-order valence-electron chi connectivity index (χ4n) is 8.59. The van der Waals surface area contributed by atoms with Crippen LogP contribution in [0.25, 0.3) is 0 Å². The molecule has 6 atom stereocenters. The van der Waals surface area contributed by atoms with Crippen molar-refractivity contribution in [2.24, 2.45) is 29.2 Å². The molecule has 2 amide bonds. The quantitative estimate of drug-likeness (QED) is 0.309. The molecule has 11 nitrogen and oxygen atoms in total. The Kier molecular flexibility index (Phi) is 10.2. The molecule has 0 saturated heterocycles. The van der Waals surface area contributed by atoms with E-state index in [0.29, 0.717) is 37.0 Å². The molecule has 3 heterocycles. The number of rotatable bonds is 5. The second-order valence-electron chi connectivity index (χ2n) is 15.2. The molecule has 4 aliphatic rings. The number of methoxy groups -OCH3 is 1. The molecule has 2 aromatic carbocycles. The van der Waals surface area contributed by atoms with Gasteiger partial charge in [-0.25, -0.2) is 4.21 Å². The average molecular weight is 730 g/mol. The molecule has 1 spiro atoms. The molecule has 1 saturated carbocycles. The zero-order chi connectivity index (χ0) is 36.6. The molecule has 2 bridgehead atoms. The third kappa shape index (κ3) is 7.24. The van der Waals surface area contributed by atoms with Crippen LogP contribution in [0.5, 0.6) is 11.6 Å². The van der Waals surface area contributed by atoms with Gasteiger partial charge in [-0.15, -0.1) is 9.46 Å². The molecule has 1 N–H and O–H groups in total. The maximum atomic E-state index is 14.6. The Morgan fingerprint density at radius 2 is 2.04 bits per heavy atom. The van der Waals surface area contributed by atoms with E-state index in [1.807, 2.05) is 19.1 Å². The monoisotopic (exact) mass is 729 g/mol. The molecule has 7 rings (SSSR count). The topological polar surface area (TPSA) is 124 Å². The van der Waals surface area contributed by atoms with Crippen molar-refractivity contribution in [3.05, 3.63) is 82.6 Å². The van der Waals surface area contributed by atoms with E-state index in [9.17, 15) is 13.8 Å². The summed E-state index contributed by atoms with van der Waals surface area (Å²) >= 11 is 0. The van der Waals surface area contributed by atoms with Crippen LogP contribution in [-0.2, 0) is 33.5 Å². The molecule has 12 heteroatoms.